The first-order valence-electron chi connectivity index (χ1n) is 4.76. The lowest BCUT2D eigenvalue weighted by atomic mass is 10.3. The van der Waals surface area contributed by atoms with Crippen molar-refractivity contribution >= 4 is 6.08 Å². The molecule has 3 heteroatoms. The van der Waals surface area contributed by atoms with E-state index in [0.29, 0.717) is 0 Å². The van der Waals surface area contributed by atoms with Crippen LogP contribution in [-0.2, 0) is 6.54 Å². The molecular weight excluding hydrogens is 162 g/mol. The first kappa shape index (κ1) is 9.99. The molecule has 0 saturated heterocycles. The number of nitrogens with one attached hydrogen (secondary N) is 1. The van der Waals surface area contributed by atoms with Crippen molar-refractivity contribution in [2.75, 3.05) is 13.1 Å². The number of rotatable bonds is 5. The Morgan fingerprint density at radius 1 is 1.54 bits per heavy atom. The first-order valence-corrected chi connectivity index (χ1v) is 4.76. The summed E-state index contributed by atoms with van der Waals surface area (Å²) < 4.78 is 1.92. The van der Waals surface area contributed by atoms with Crippen molar-refractivity contribution < 1.29 is 0 Å². The minimum Gasteiger partial charge on any atom is -0.314 e. The molecular formula is C10H17N3. The quantitative estimate of drug-likeness (QED) is 0.695. The Morgan fingerprint density at radius 3 is 3.00 bits per heavy atom. The predicted molar refractivity (Wildman–Crippen MR) is 55.5 cm³/mol. The van der Waals surface area contributed by atoms with Gasteiger partial charge in [0.15, 0.2) is 0 Å². The summed E-state index contributed by atoms with van der Waals surface area (Å²) >= 11 is 0. The fraction of sp³-hybridized carbons (Fsp3) is 0.500. The summed E-state index contributed by atoms with van der Waals surface area (Å²) in [5.74, 6) is 0. The lowest BCUT2D eigenvalue weighted by molar-refractivity contribution is 0.660. The molecule has 3 nitrogen and oxygen atoms in total. The Bertz CT molecular complexity index is 263. The zero-order valence-corrected chi connectivity index (χ0v) is 8.33. The van der Waals surface area contributed by atoms with Crippen LogP contribution in [-0.4, -0.2) is 22.9 Å². The molecule has 72 valence electrons. The van der Waals surface area contributed by atoms with Crippen LogP contribution < -0.4 is 5.32 Å². The van der Waals surface area contributed by atoms with Gasteiger partial charge in [0.1, 0.15) is 0 Å². The molecule has 1 heterocycles. The number of hydrogen-bond donors (Lipinski definition) is 1. The van der Waals surface area contributed by atoms with Crippen LogP contribution in [0.25, 0.3) is 6.08 Å². The van der Waals surface area contributed by atoms with Gasteiger partial charge in [-0.1, -0.05) is 19.1 Å². The van der Waals surface area contributed by atoms with Crippen molar-refractivity contribution in [3.63, 3.8) is 0 Å². The summed E-state index contributed by atoms with van der Waals surface area (Å²) in [4.78, 5) is 0. The van der Waals surface area contributed by atoms with Gasteiger partial charge < -0.3 is 5.32 Å². The second kappa shape index (κ2) is 5.54. The second-order valence-corrected chi connectivity index (χ2v) is 2.84. The maximum atomic E-state index is 4.18. The van der Waals surface area contributed by atoms with E-state index < -0.39 is 0 Å². The zero-order chi connectivity index (χ0) is 9.52. The molecule has 1 aromatic heterocycles. The summed E-state index contributed by atoms with van der Waals surface area (Å²) in [6, 6.07) is 0. The van der Waals surface area contributed by atoms with Gasteiger partial charge in [-0.2, -0.15) is 5.10 Å². The number of nitrogens with zero attached hydrogens (tertiary/aromatic N) is 2. The molecule has 1 N–H and O–H groups in total. The second-order valence-electron chi connectivity index (χ2n) is 2.84. The van der Waals surface area contributed by atoms with E-state index in [2.05, 4.69) is 36.4 Å². The molecule has 0 unspecified atom stereocenters. The van der Waals surface area contributed by atoms with Crippen molar-refractivity contribution in [3.05, 3.63) is 24.0 Å². The maximum absolute atomic E-state index is 4.18. The molecule has 0 spiro atoms. The molecule has 1 rings (SSSR count). The highest BCUT2D eigenvalue weighted by Crippen LogP contribution is 1.99. The van der Waals surface area contributed by atoms with E-state index in [0.717, 1.165) is 19.6 Å². The van der Waals surface area contributed by atoms with Crippen LogP contribution in [0.1, 0.15) is 19.4 Å². The molecule has 0 saturated carbocycles. The molecule has 0 bridgehead atoms. The van der Waals surface area contributed by atoms with Crippen molar-refractivity contribution in [1.82, 2.24) is 15.1 Å². The van der Waals surface area contributed by atoms with Crippen LogP contribution in [0.3, 0.4) is 0 Å². The first-order chi connectivity index (χ1) is 6.36. The predicted octanol–water partition coefficient (Wildman–Crippen LogP) is 1.53. The van der Waals surface area contributed by atoms with Crippen LogP contribution in [0, 0.1) is 0 Å². The van der Waals surface area contributed by atoms with Gasteiger partial charge in [-0.15, -0.1) is 0 Å². The molecule has 0 aliphatic rings. The summed E-state index contributed by atoms with van der Waals surface area (Å²) in [5.41, 5.74) is 1.17. The van der Waals surface area contributed by atoms with Gasteiger partial charge in [-0.3, -0.25) is 4.68 Å². The average Bonchev–Trinajstić information content (AvgIpc) is 2.60. The Balaban J connectivity index is 2.39. The van der Waals surface area contributed by atoms with Gasteiger partial charge in [0.05, 0.1) is 6.20 Å². The minimum absolute atomic E-state index is 0.924. The van der Waals surface area contributed by atoms with Crippen molar-refractivity contribution in [2.45, 2.75) is 20.4 Å². The number of hydrogen-bond acceptors (Lipinski definition) is 2. The van der Waals surface area contributed by atoms with E-state index >= 15 is 0 Å². The monoisotopic (exact) mass is 179 g/mol. The molecule has 13 heavy (non-hydrogen) atoms. The van der Waals surface area contributed by atoms with Crippen LogP contribution in [0.5, 0.6) is 0 Å². The molecule has 0 radical (unpaired) electrons. The lowest BCUT2D eigenvalue weighted by Gasteiger charge is -1.92. The molecule has 0 aliphatic heterocycles. The maximum Gasteiger partial charge on any atom is 0.0562 e. The van der Waals surface area contributed by atoms with Gasteiger partial charge in [0.2, 0.25) is 0 Å². The molecule has 0 amide bonds. The highest BCUT2D eigenvalue weighted by atomic mass is 15.3. The van der Waals surface area contributed by atoms with Crippen LogP contribution in [0.2, 0.25) is 0 Å². The Kier molecular flexibility index (Phi) is 4.26. The van der Waals surface area contributed by atoms with Crippen LogP contribution in [0.4, 0.5) is 0 Å². The Morgan fingerprint density at radius 2 is 2.38 bits per heavy atom. The summed E-state index contributed by atoms with van der Waals surface area (Å²) in [6.07, 6.45) is 8.12. The summed E-state index contributed by atoms with van der Waals surface area (Å²) in [5, 5.41) is 7.40. The van der Waals surface area contributed by atoms with Crippen molar-refractivity contribution in [1.29, 1.82) is 0 Å². The van der Waals surface area contributed by atoms with Gasteiger partial charge in [0.25, 0.3) is 0 Å². The Labute approximate surface area is 79.5 Å². The fourth-order valence-corrected chi connectivity index (χ4v) is 1.06. The lowest BCUT2D eigenvalue weighted by Crippen LogP contribution is -2.11. The highest BCUT2D eigenvalue weighted by molar-refractivity contribution is 5.46. The largest absolute Gasteiger partial charge is 0.314 e. The Hall–Kier alpha value is -1.09. The smallest absolute Gasteiger partial charge is 0.0562 e. The van der Waals surface area contributed by atoms with E-state index in [9.17, 15) is 0 Å². The molecule has 0 fully saturated rings. The fourth-order valence-electron chi connectivity index (χ4n) is 1.06. The zero-order valence-electron chi connectivity index (χ0n) is 8.33. The molecule has 0 atom stereocenters. The van der Waals surface area contributed by atoms with Gasteiger partial charge in [0, 0.05) is 24.8 Å². The van der Waals surface area contributed by atoms with E-state index in [-0.39, 0.29) is 0 Å². The van der Waals surface area contributed by atoms with E-state index in [4.69, 9.17) is 0 Å². The average molecular weight is 179 g/mol. The molecule has 0 aromatic carbocycles. The minimum atomic E-state index is 0.924. The van der Waals surface area contributed by atoms with Gasteiger partial charge >= 0.3 is 0 Å². The topological polar surface area (TPSA) is 29.9 Å². The molecule has 1 aromatic rings. The van der Waals surface area contributed by atoms with Crippen molar-refractivity contribution in [3.8, 4) is 0 Å². The third-order valence-electron chi connectivity index (χ3n) is 1.80. The standard InChI is InChI=1S/C10H17N3/c1-3-11-7-5-6-10-8-12-13(4-2)9-10/h5-6,8-9,11H,3-4,7H2,1-2H3/b6-5+. The number of likely N-dealkylation sites (N-methyl/N-ethyl adjacent to an activating group) is 1. The summed E-state index contributed by atoms with van der Waals surface area (Å²) in [6.45, 7) is 7.05. The van der Waals surface area contributed by atoms with Crippen LogP contribution >= 0.6 is 0 Å². The summed E-state index contributed by atoms with van der Waals surface area (Å²) in [7, 11) is 0. The van der Waals surface area contributed by atoms with E-state index in [1.54, 1.807) is 0 Å². The SMILES string of the molecule is CCNC/C=C/c1cnn(CC)c1. The number of aromatic nitrogens is 2. The third kappa shape index (κ3) is 3.42. The van der Waals surface area contributed by atoms with Gasteiger partial charge in [-0.25, -0.2) is 0 Å². The highest BCUT2D eigenvalue weighted by Gasteiger charge is 1.90. The van der Waals surface area contributed by atoms with Crippen LogP contribution in [0.15, 0.2) is 18.5 Å². The number of aryl methyl sites for hydroxylation is 1. The van der Waals surface area contributed by atoms with E-state index in [1.807, 2.05) is 17.1 Å². The van der Waals surface area contributed by atoms with Crippen molar-refractivity contribution in [2.24, 2.45) is 0 Å². The normalized spacial score (nSPS) is 11.2. The van der Waals surface area contributed by atoms with Gasteiger partial charge in [-0.05, 0) is 13.5 Å². The molecule has 0 aliphatic carbocycles. The van der Waals surface area contributed by atoms with E-state index in [1.165, 1.54) is 5.56 Å². The third-order valence-corrected chi connectivity index (χ3v) is 1.80.